The van der Waals surface area contributed by atoms with Crippen LogP contribution in [-0.4, -0.2) is 77.3 Å². The van der Waals surface area contributed by atoms with Crippen LogP contribution in [0.25, 0.3) is 10.9 Å². The smallest absolute Gasteiger partial charge is 0.243 e. The molecule has 4 amide bonds. The van der Waals surface area contributed by atoms with Gasteiger partial charge in [-0.25, -0.2) is 0 Å². The van der Waals surface area contributed by atoms with Gasteiger partial charge in [-0.1, -0.05) is 48.5 Å². The largest absolute Gasteiger partial charge is 0.396 e. The van der Waals surface area contributed by atoms with Gasteiger partial charge in [0.15, 0.2) is 0 Å². The molecule has 12 heteroatoms. The number of aliphatic hydroxyl groups excluding tert-OH is 1. The van der Waals surface area contributed by atoms with Gasteiger partial charge in [0.2, 0.25) is 23.6 Å². The first-order chi connectivity index (χ1) is 20.9. The quantitative estimate of drug-likeness (QED) is 0.178. The maximum Gasteiger partial charge on any atom is 0.243 e. The lowest BCUT2D eigenvalue weighted by Crippen LogP contribution is -2.56. The molecule has 1 aliphatic rings. The first-order valence-corrected chi connectivity index (χ1v) is 15.6. The van der Waals surface area contributed by atoms with Crippen molar-refractivity contribution in [1.29, 1.82) is 0 Å². The molecule has 1 fully saturated rings. The summed E-state index contributed by atoms with van der Waals surface area (Å²) >= 11 is 1.43. The maximum absolute atomic E-state index is 13.7. The first kappa shape index (κ1) is 32.1. The van der Waals surface area contributed by atoms with Crippen LogP contribution in [0.15, 0.2) is 59.6 Å². The van der Waals surface area contributed by atoms with Crippen molar-refractivity contribution in [3.05, 3.63) is 65.7 Å². The van der Waals surface area contributed by atoms with Crippen LogP contribution in [0.2, 0.25) is 0 Å². The highest BCUT2D eigenvalue weighted by atomic mass is 32.2. The lowest BCUT2D eigenvalue weighted by molar-refractivity contribution is -0.132. The lowest BCUT2D eigenvalue weighted by atomic mass is 10.0. The molecule has 3 aromatic rings. The number of benzene rings is 2. The monoisotopic (exact) mass is 608 g/mol. The predicted molar refractivity (Wildman–Crippen MR) is 166 cm³/mol. The number of carbonyl (C=O) groups excluding carboxylic acids is 4. The zero-order valence-electron chi connectivity index (χ0n) is 24.1. The molecule has 0 aliphatic carbocycles. The number of amides is 4. The van der Waals surface area contributed by atoms with E-state index in [2.05, 4.69) is 26.3 Å². The molecule has 3 atom stereocenters. The van der Waals surface area contributed by atoms with Gasteiger partial charge in [0.1, 0.15) is 12.1 Å². The van der Waals surface area contributed by atoms with Gasteiger partial charge in [0.25, 0.3) is 0 Å². The summed E-state index contributed by atoms with van der Waals surface area (Å²) in [6, 6.07) is 14.3. The Morgan fingerprint density at radius 1 is 1.00 bits per heavy atom. The van der Waals surface area contributed by atoms with Crippen molar-refractivity contribution in [2.24, 2.45) is 5.73 Å². The van der Waals surface area contributed by atoms with Crippen LogP contribution in [0.1, 0.15) is 36.8 Å². The number of hydrogen-bond donors (Lipinski definition) is 7. The number of rotatable bonds is 9. The summed E-state index contributed by atoms with van der Waals surface area (Å²) in [5.41, 5.74) is 8.82. The second-order valence-electron chi connectivity index (χ2n) is 10.6. The molecule has 2 aromatic carbocycles. The zero-order chi connectivity index (χ0) is 30.6. The van der Waals surface area contributed by atoms with Gasteiger partial charge >= 0.3 is 0 Å². The van der Waals surface area contributed by atoms with Crippen molar-refractivity contribution in [2.45, 2.75) is 61.7 Å². The third-order valence-electron chi connectivity index (χ3n) is 7.31. The Labute approximate surface area is 255 Å². The van der Waals surface area contributed by atoms with Crippen LogP contribution in [0.4, 0.5) is 0 Å². The Bertz CT molecular complexity index is 1400. The van der Waals surface area contributed by atoms with Crippen molar-refractivity contribution in [2.75, 3.05) is 25.4 Å². The number of H-pyrrole nitrogens is 1. The molecule has 2 heterocycles. The SMILES string of the molecule is NC(Cc1ccccc1)C(=O)NC1CCCCNC(=O)CCNC(=O)C(Cc2c(SCCO)[nH]c3ccccc23)NC1=O. The van der Waals surface area contributed by atoms with Gasteiger partial charge in [-0.3, -0.25) is 19.2 Å². The highest BCUT2D eigenvalue weighted by Crippen LogP contribution is 2.30. The Hall–Kier alpha value is -3.87. The Kier molecular flexibility index (Phi) is 12.0. The normalized spacial score (nSPS) is 19.5. The molecular formula is C31H40N6O5S. The molecule has 4 rings (SSSR count). The third kappa shape index (κ3) is 9.31. The number of nitrogens with two attached hydrogens (primary N) is 1. The molecule has 43 heavy (non-hydrogen) atoms. The lowest BCUT2D eigenvalue weighted by Gasteiger charge is -2.25. The minimum atomic E-state index is -0.983. The van der Waals surface area contributed by atoms with E-state index in [4.69, 9.17) is 5.73 Å². The maximum atomic E-state index is 13.7. The highest BCUT2D eigenvalue weighted by Gasteiger charge is 2.30. The fourth-order valence-electron chi connectivity index (χ4n) is 5.05. The molecule has 1 aromatic heterocycles. The molecule has 0 radical (unpaired) electrons. The van der Waals surface area contributed by atoms with E-state index in [1.807, 2.05) is 54.6 Å². The molecular weight excluding hydrogens is 568 g/mol. The fraction of sp³-hybridized carbons (Fsp3) is 0.419. The van der Waals surface area contributed by atoms with Crippen molar-refractivity contribution in [3.8, 4) is 0 Å². The van der Waals surface area contributed by atoms with E-state index >= 15 is 0 Å². The van der Waals surface area contributed by atoms with Gasteiger partial charge in [-0.2, -0.15) is 0 Å². The van der Waals surface area contributed by atoms with E-state index in [0.717, 1.165) is 27.1 Å². The average molecular weight is 609 g/mol. The molecule has 8 N–H and O–H groups in total. The summed E-state index contributed by atoms with van der Waals surface area (Å²) in [5, 5.41) is 22.4. The Morgan fingerprint density at radius 2 is 1.77 bits per heavy atom. The molecule has 0 bridgehead atoms. The summed E-state index contributed by atoms with van der Waals surface area (Å²) in [7, 11) is 0. The summed E-state index contributed by atoms with van der Waals surface area (Å²) in [6.45, 7) is 0.529. The zero-order valence-corrected chi connectivity index (χ0v) is 24.9. The van der Waals surface area contributed by atoms with Gasteiger partial charge in [-0.05, 0) is 42.9 Å². The number of nitrogens with one attached hydrogen (secondary N) is 5. The average Bonchev–Trinajstić information content (AvgIpc) is 3.35. The fourth-order valence-corrected chi connectivity index (χ4v) is 5.90. The summed E-state index contributed by atoms with van der Waals surface area (Å²) < 4.78 is 0. The van der Waals surface area contributed by atoms with E-state index in [1.54, 1.807) is 0 Å². The number of aromatic amines is 1. The Balaban J connectivity index is 1.57. The van der Waals surface area contributed by atoms with Crippen molar-refractivity contribution in [3.63, 3.8) is 0 Å². The number of para-hydroxylation sites is 1. The predicted octanol–water partition coefficient (Wildman–Crippen LogP) is 1.14. The topological polar surface area (TPSA) is 178 Å². The van der Waals surface area contributed by atoms with Crippen molar-refractivity contribution >= 4 is 46.3 Å². The second kappa shape index (κ2) is 16.1. The summed E-state index contributed by atoms with van der Waals surface area (Å²) in [6.07, 6.45) is 2.09. The number of aliphatic hydroxyl groups is 1. The van der Waals surface area contributed by atoms with Gasteiger partial charge < -0.3 is 37.1 Å². The number of thioether (sulfide) groups is 1. The summed E-state index contributed by atoms with van der Waals surface area (Å²) in [4.78, 5) is 55.8. The van der Waals surface area contributed by atoms with Crippen LogP contribution >= 0.6 is 11.8 Å². The van der Waals surface area contributed by atoms with Crippen LogP contribution in [0.3, 0.4) is 0 Å². The number of aromatic nitrogens is 1. The summed E-state index contributed by atoms with van der Waals surface area (Å²) in [5.74, 6) is -1.10. The van der Waals surface area contributed by atoms with E-state index in [9.17, 15) is 24.3 Å². The van der Waals surface area contributed by atoms with Gasteiger partial charge in [-0.15, -0.1) is 11.8 Å². The minimum absolute atomic E-state index is 0.0179. The van der Waals surface area contributed by atoms with E-state index in [-0.39, 0.29) is 31.9 Å². The number of fused-ring (bicyclic) bond motifs is 1. The van der Waals surface area contributed by atoms with Crippen molar-refractivity contribution in [1.82, 2.24) is 26.3 Å². The molecule has 1 aliphatic heterocycles. The molecule has 230 valence electrons. The van der Waals surface area contributed by atoms with Crippen LogP contribution < -0.4 is 27.0 Å². The first-order valence-electron chi connectivity index (χ1n) is 14.6. The number of hydrogen-bond acceptors (Lipinski definition) is 7. The highest BCUT2D eigenvalue weighted by molar-refractivity contribution is 7.99. The third-order valence-corrected chi connectivity index (χ3v) is 8.34. The van der Waals surface area contributed by atoms with Crippen LogP contribution in [0, 0.1) is 0 Å². The van der Waals surface area contributed by atoms with E-state index in [1.165, 1.54) is 11.8 Å². The standard InChI is InChI=1S/C31H40N6O5S/c32-23(18-20-8-2-1-3-9-20)28(40)35-25-12-6-7-14-33-27(39)13-15-34-29(41)26(36-30(25)42)19-22-21-10-4-5-11-24(21)37-31(22)43-17-16-38/h1-5,8-11,23,25-26,37-38H,6-7,12-19,32H2,(H,33,39)(H,34,41)(H,35,40)(H,36,42). The van der Waals surface area contributed by atoms with Gasteiger partial charge in [0.05, 0.1) is 17.7 Å². The second-order valence-corrected chi connectivity index (χ2v) is 11.7. The Morgan fingerprint density at radius 3 is 2.56 bits per heavy atom. The van der Waals surface area contributed by atoms with Crippen molar-refractivity contribution < 1.29 is 24.3 Å². The number of carbonyl (C=O) groups is 4. The minimum Gasteiger partial charge on any atom is -0.396 e. The molecule has 11 nitrogen and oxygen atoms in total. The molecule has 1 saturated heterocycles. The van der Waals surface area contributed by atoms with Gasteiger partial charge in [0, 0.05) is 42.6 Å². The van der Waals surface area contributed by atoms with Crippen LogP contribution in [0.5, 0.6) is 0 Å². The molecule has 3 unspecified atom stereocenters. The van der Waals surface area contributed by atoms with Crippen LogP contribution in [-0.2, 0) is 32.0 Å². The molecule has 0 spiro atoms. The van der Waals surface area contributed by atoms with E-state index < -0.39 is 35.8 Å². The molecule has 0 saturated carbocycles. The van der Waals surface area contributed by atoms with E-state index in [0.29, 0.717) is 38.0 Å².